The largest absolute Gasteiger partial charge is 0.481 e. The van der Waals surface area contributed by atoms with Gasteiger partial charge in [0, 0.05) is 33.1 Å². The Morgan fingerprint density at radius 1 is 1.50 bits per heavy atom. The van der Waals surface area contributed by atoms with E-state index in [1.807, 2.05) is 18.7 Å². The van der Waals surface area contributed by atoms with Crippen LogP contribution in [0, 0.1) is 11.8 Å². The number of aliphatic carboxylic acids is 1. The Balaban J connectivity index is 2.55. The predicted octanol–water partition coefficient (Wildman–Crippen LogP) is 1.88. The van der Waals surface area contributed by atoms with Crippen LogP contribution in [0.1, 0.15) is 33.1 Å². The molecular formula is C13H24N2O3. The number of nitrogens with zero attached hydrogens (tertiary/aromatic N) is 2. The number of urea groups is 1. The molecule has 1 fully saturated rings. The molecule has 1 rings (SSSR count). The number of hydrogen-bond acceptors (Lipinski definition) is 2. The minimum atomic E-state index is -0.753. The molecule has 1 aliphatic rings. The smallest absolute Gasteiger partial charge is 0.319 e. The lowest BCUT2D eigenvalue weighted by Crippen LogP contribution is -2.47. The fourth-order valence-corrected chi connectivity index (χ4v) is 2.47. The standard InChI is InChI=1S/C13H24N2O3/c1-4-14(3)13(18)15-7-5-6-11(9-15)10(2)8-12(16)17/h10-11H,4-9H2,1-3H3,(H,16,17). The molecule has 1 aliphatic heterocycles. The highest BCUT2D eigenvalue weighted by atomic mass is 16.4. The second-order valence-electron chi connectivity index (χ2n) is 5.22. The highest BCUT2D eigenvalue weighted by Gasteiger charge is 2.29. The number of rotatable bonds is 4. The fraction of sp³-hybridized carbons (Fsp3) is 0.846. The second-order valence-corrected chi connectivity index (χ2v) is 5.22. The number of piperidine rings is 1. The van der Waals surface area contributed by atoms with Crippen LogP contribution in [0.5, 0.6) is 0 Å². The van der Waals surface area contributed by atoms with Crippen molar-refractivity contribution in [3.05, 3.63) is 0 Å². The Morgan fingerprint density at radius 2 is 2.17 bits per heavy atom. The van der Waals surface area contributed by atoms with Crippen molar-refractivity contribution >= 4 is 12.0 Å². The normalized spacial score (nSPS) is 21.5. The molecule has 0 saturated carbocycles. The van der Waals surface area contributed by atoms with Crippen molar-refractivity contribution in [1.29, 1.82) is 0 Å². The van der Waals surface area contributed by atoms with E-state index in [1.165, 1.54) is 0 Å². The molecule has 2 unspecified atom stereocenters. The maximum atomic E-state index is 12.1. The molecule has 0 bridgehead atoms. The van der Waals surface area contributed by atoms with Crippen molar-refractivity contribution in [3.8, 4) is 0 Å². The van der Waals surface area contributed by atoms with Gasteiger partial charge in [0.1, 0.15) is 0 Å². The van der Waals surface area contributed by atoms with Crippen LogP contribution in [0.25, 0.3) is 0 Å². The molecule has 18 heavy (non-hydrogen) atoms. The second kappa shape index (κ2) is 6.61. The van der Waals surface area contributed by atoms with Gasteiger partial charge in [-0.1, -0.05) is 6.92 Å². The lowest BCUT2D eigenvalue weighted by molar-refractivity contribution is -0.138. The first-order chi connectivity index (χ1) is 8.45. The summed E-state index contributed by atoms with van der Waals surface area (Å²) in [6.45, 7) is 6.10. The molecule has 1 N–H and O–H groups in total. The summed E-state index contributed by atoms with van der Waals surface area (Å²) in [6.07, 6.45) is 2.18. The molecule has 0 radical (unpaired) electrons. The molecule has 104 valence electrons. The summed E-state index contributed by atoms with van der Waals surface area (Å²) < 4.78 is 0. The molecule has 5 nitrogen and oxygen atoms in total. The van der Waals surface area contributed by atoms with Crippen LogP contribution in [0.2, 0.25) is 0 Å². The van der Waals surface area contributed by atoms with Gasteiger partial charge in [-0.3, -0.25) is 4.79 Å². The quantitative estimate of drug-likeness (QED) is 0.835. The van der Waals surface area contributed by atoms with Crippen molar-refractivity contribution in [2.24, 2.45) is 11.8 Å². The van der Waals surface area contributed by atoms with Gasteiger partial charge in [0.05, 0.1) is 0 Å². The van der Waals surface area contributed by atoms with E-state index < -0.39 is 5.97 Å². The Kier molecular flexibility index (Phi) is 5.44. The number of amides is 2. The van der Waals surface area contributed by atoms with Gasteiger partial charge in [-0.2, -0.15) is 0 Å². The first-order valence-corrected chi connectivity index (χ1v) is 6.67. The molecule has 1 heterocycles. The van der Waals surface area contributed by atoms with Gasteiger partial charge in [-0.15, -0.1) is 0 Å². The Bertz CT molecular complexity index is 307. The van der Waals surface area contributed by atoms with E-state index in [2.05, 4.69) is 0 Å². The first-order valence-electron chi connectivity index (χ1n) is 6.67. The van der Waals surface area contributed by atoms with Crippen LogP contribution in [0.15, 0.2) is 0 Å². The summed E-state index contributed by atoms with van der Waals surface area (Å²) in [7, 11) is 1.80. The zero-order valence-corrected chi connectivity index (χ0v) is 11.6. The summed E-state index contributed by atoms with van der Waals surface area (Å²) in [5.41, 5.74) is 0. The van der Waals surface area contributed by atoms with Crippen LogP contribution in [0.4, 0.5) is 4.79 Å². The highest BCUT2D eigenvalue weighted by molar-refractivity contribution is 5.74. The molecule has 2 atom stereocenters. The Hall–Kier alpha value is -1.26. The van der Waals surface area contributed by atoms with Gasteiger partial charge < -0.3 is 14.9 Å². The molecule has 0 spiro atoms. The summed E-state index contributed by atoms with van der Waals surface area (Å²) in [5, 5.41) is 8.83. The fourth-order valence-electron chi connectivity index (χ4n) is 2.47. The van der Waals surface area contributed by atoms with Crippen LogP contribution < -0.4 is 0 Å². The SMILES string of the molecule is CCN(C)C(=O)N1CCCC(C(C)CC(=O)O)C1. The monoisotopic (exact) mass is 256 g/mol. The third-order valence-corrected chi connectivity index (χ3v) is 3.83. The third kappa shape index (κ3) is 3.89. The number of carboxylic acid groups (broad SMARTS) is 1. The lowest BCUT2D eigenvalue weighted by atomic mass is 9.85. The number of carbonyl (C=O) groups is 2. The molecule has 0 aliphatic carbocycles. The van der Waals surface area contributed by atoms with Gasteiger partial charge >= 0.3 is 12.0 Å². The third-order valence-electron chi connectivity index (χ3n) is 3.83. The lowest BCUT2D eigenvalue weighted by Gasteiger charge is -2.37. The molecular weight excluding hydrogens is 232 g/mol. The van der Waals surface area contributed by atoms with Gasteiger partial charge in [0.25, 0.3) is 0 Å². The zero-order valence-electron chi connectivity index (χ0n) is 11.6. The van der Waals surface area contributed by atoms with Crippen LogP contribution in [0.3, 0.4) is 0 Å². The van der Waals surface area contributed by atoms with Crippen molar-refractivity contribution in [3.63, 3.8) is 0 Å². The van der Waals surface area contributed by atoms with E-state index in [9.17, 15) is 9.59 Å². The maximum absolute atomic E-state index is 12.1. The summed E-state index contributed by atoms with van der Waals surface area (Å²) in [4.78, 5) is 26.3. The van der Waals surface area contributed by atoms with E-state index in [1.54, 1.807) is 11.9 Å². The topological polar surface area (TPSA) is 60.9 Å². The minimum absolute atomic E-state index is 0.0599. The average Bonchev–Trinajstić information content (AvgIpc) is 2.36. The first kappa shape index (κ1) is 14.8. The minimum Gasteiger partial charge on any atom is -0.481 e. The van der Waals surface area contributed by atoms with Gasteiger partial charge in [-0.05, 0) is 31.6 Å². The molecule has 0 aromatic rings. The van der Waals surface area contributed by atoms with Crippen molar-refractivity contribution in [2.45, 2.75) is 33.1 Å². The summed E-state index contributed by atoms with van der Waals surface area (Å²) in [6, 6.07) is 0.0599. The molecule has 1 saturated heterocycles. The highest BCUT2D eigenvalue weighted by Crippen LogP contribution is 2.26. The zero-order chi connectivity index (χ0) is 13.7. The van der Waals surface area contributed by atoms with Crippen molar-refractivity contribution in [2.75, 3.05) is 26.7 Å². The summed E-state index contributed by atoms with van der Waals surface area (Å²) in [5.74, 6) is -0.314. The van der Waals surface area contributed by atoms with E-state index in [-0.39, 0.29) is 18.4 Å². The average molecular weight is 256 g/mol. The number of likely N-dealkylation sites (tertiary alicyclic amines) is 1. The van der Waals surface area contributed by atoms with Gasteiger partial charge in [0.2, 0.25) is 0 Å². The molecule has 0 aromatic heterocycles. The number of hydrogen-bond donors (Lipinski definition) is 1. The van der Waals surface area contributed by atoms with Crippen molar-refractivity contribution in [1.82, 2.24) is 9.80 Å². The van der Waals surface area contributed by atoms with E-state index in [0.29, 0.717) is 19.0 Å². The molecule has 0 aromatic carbocycles. The number of carbonyl (C=O) groups excluding carboxylic acids is 1. The summed E-state index contributed by atoms with van der Waals surface area (Å²) >= 11 is 0. The molecule has 2 amide bonds. The Labute approximate surface area is 109 Å². The number of carboxylic acids is 1. The maximum Gasteiger partial charge on any atom is 0.319 e. The molecule has 5 heteroatoms. The van der Waals surface area contributed by atoms with Gasteiger partial charge in [-0.25, -0.2) is 4.79 Å². The van der Waals surface area contributed by atoms with E-state index in [0.717, 1.165) is 19.4 Å². The van der Waals surface area contributed by atoms with Crippen LogP contribution >= 0.6 is 0 Å². The van der Waals surface area contributed by atoms with E-state index >= 15 is 0 Å². The van der Waals surface area contributed by atoms with Crippen LogP contribution in [-0.4, -0.2) is 53.6 Å². The Morgan fingerprint density at radius 3 is 2.72 bits per heavy atom. The van der Waals surface area contributed by atoms with Crippen LogP contribution in [-0.2, 0) is 4.79 Å². The van der Waals surface area contributed by atoms with Gasteiger partial charge in [0.15, 0.2) is 0 Å². The van der Waals surface area contributed by atoms with Crippen molar-refractivity contribution < 1.29 is 14.7 Å². The predicted molar refractivity (Wildman–Crippen MR) is 69.4 cm³/mol. The van der Waals surface area contributed by atoms with E-state index in [4.69, 9.17) is 5.11 Å².